The third-order valence-electron chi connectivity index (χ3n) is 5.59. The van der Waals surface area contributed by atoms with Crippen LogP contribution in [0.15, 0.2) is 36.9 Å². The van der Waals surface area contributed by atoms with Crippen LogP contribution in [0.25, 0.3) is 0 Å². The summed E-state index contributed by atoms with van der Waals surface area (Å²) >= 11 is 0. The SMILES string of the molecule is O=C(CN1CCCC1)N1CCC(c2nccn2Cc2cccnc2)CC1. The molecule has 2 aliphatic rings. The van der Waals surface area contributed by atoms with Gasteiger partial charge in [-0.3, -0.25) is 14.7 Å². The van der Waals surface area contributed by atoms with Gasteiger partial charge in [-0.1, -0.05) is 6.07 Å². The van der Waals surface area contributed by atoms with E-state index < -0.39 is 0 Å². The van der Waals surface area contributed by atoms with Crippen molar-refractivity contribution in [2.24, 2.45) is 0 Å². The second-order valence-electron chi connectivity index (χ2n) is 7.41. The maximum Gasteiger partial charge on any atom is 0.236 e. The van der Waals surface area contributed by atoms with Crippen molar-refractivity contribution in [3.63, 3.8) is 0 Å². The molecule has 2 aromatic rings. The maximum absolute atomic E-state index is 12.5. The van der Waals surface area contributed by atoms with Crippen LogP contribution in [0.2, 0.25) is 0 Å². The molecule has 26 heavy (non-hydrogen) atoms. The lowest BCUT2D eigenvalue weighted by Crippen LogP contribution is -2.43. The third kappa shape index (κ3) is 3.96. The van der Waals surface area contributed by atoms with Crippen LogP contribution in [-0.2, 0) is 11.3 Å². The molecule has 0 unspecified atom stereocenters. The highest BCUT2D eigenvalue weighted by atomic mass is 16.2. The van der Waals surface area contributed by atoms with Crippen molar-refractivity contribution in [3.8, 4) is 0 Å². The number of hydrogen-bond acceptors (Lipinski definition) is 4. The first-order valence-electron chi connectivity index (χ1n) is 9.69. The Morgan fingerprint density at radius 1 is 1.12 bits per heavy atom. The summed E-state index contributed by atoms with van der Waals surface area (Å²) in [6.45, 7) is 5.24. The number of imidazole rings is 1. The number of aromatic nitrogens is 3. The van der Waals surface area contributed by atoms with Gasteiger partial charge < -0.3 is 9.47 Å². The minimum absolute atomic E-state index is 0.295. The molecule has 2 aromatic heterocycles. The van der Waals surface area contributed by atoms with Crippen LogP contribution in [-0.4, -0.2) is 63.0 Å². The van der Waals surface area contributed by atoms with Crippen molar-refractivity contribution < 1.29 is 4.79 Å². The molecule has 0 N–H and O–H groups in total. The quantitative estimate of drug-likeness (QED) is 0.826. The van der Waals surface area contributed by atoms with E-state index in [1.165, 1.54) is 18.4 Å². The Labute approximate surface area is 154 Å². The lowest BCUT2D eigenvalue weighted by molar-refractivity contribution is -0.133. The molecule has 0 aromatic carbocycles. The highest BCUT2D eigenvalue weighted by Crippen LogP contribution is 2.27. The van der Waals surface area contributed by atoms with E-state index in [1.807, 2.05) is 29.6 Å². The van der Waals surface area contributed by atoms with E-state index in [-0.39, 0.29) is 0 Å². The van der Waals surface area contributed by atoms with Crippen molar-refractivity contribution in [2.75, 3.05) is 32.7 Å². The summed E-state index contributed by atoms with van der Waals surface area (Å²) in [6.07, 6.45) is 12.1. The van der Waals surface area contributed by atoms with E-state index in [1.54, 1.807) is 6.20 Å². The molecule has 6 heteroatoms. The van der Waals surface area contributed by atoms with E-state index >= 15 is 0 Å². The molecule has 0 bridgehead atoms. The fourth-order valence-corrected chi connectivity index (χ4v) is 4.12. The number of pyridine rings is 1. The van der Waals surface area contributed by atoms with Crippen LogP contribution in [0.5, 0.6) is 0 Å². The van der Waals surface area contributed by atoms with Crippen LogP contribution in [0, 0.1) is 0 Å². The Morgan fingerprint density at radius 3 is 2.65 bits per heavy atom. The highest BCUT2D eigenvalue weighted by Gasteiger charge is 2.27. The normalized spacial score (nSPS) is 19.2. The standard InChI is InChI=1S/C20H27N5O/c26-19(16-23-9-1-2-10-23)24-11-5-18(6-12-24)20-22-8-13-25(20)15-17-4-3-7-21-14-17/h3-4,7-8,13-14,18H,1-2,5-6,9-12,15-16H2. The molecular formula is C20H27N5O. The zero-order chi connectivity index (χ0) is 17.8. The monoisotopic (exact) mass is 353 g/mol. The van der Waals surface area contributed by atoms with E-state index in [2.05, 4.69) is 25.5 Å². The summed E-state index contributed by atoms with van der Waals surface area (Å²) in [5.41, 5.74) is 1.19. The van der Waals surface area contributed by atoms with Crippen molar-refractivity contribution in [1.82, 2.24) is 24.3 Å². The summed E-state index contributed by atoms with van der Waals surface area (Å²) in [4.78, 5) is 25.7. The van der Waals surface area contributed by atoms with Crippen LogP contribution in [0.1, 0.15) is 43.0 Å². The Balaban J connectivity index is 1.33. The Bertz CT molecular complexity index is 715. The number of nitrogens with zero attached hydrogens (tertiary/aromatic N) is 5. The molecule has 0 aliphatic carbocycles. The highest BCUT2D eigenvalue weighted by molar-refractivity contribution is 5.78. The molecule has 2 aliphatic heterocycles. The van der Waals surface area contributed by atoms with Gasteiger partial charge in [-0.2, -0.15) is 0 Å². The van der Waals surface area contributed by atoms with Gasteiger partial charge in [0.1, 0.15) is 5.82 Å². The zero-order valence-electron chi connectivity index (χ0n) is 15.3. The smallest absolute Gasteiger partial charge is 0.236 e. The predicted octanol–water partition coefficient (Wildman–Crippen LogP) is 2.13. The van der Waals surface area contributed by atoms with Crippen molar-refractivity contribution >= 4 is 5.91 Å². The van der Waals surface area contributed by atoms with E-state index in [9.17, 15) is 4.79 Å². The lowest BCUT2D eigenvalue weighted by atomic mass is 9.95. The second-order valence-corrected chi connectivity index (χ2v) is 7.41. The van der Waals surface area contributed by atoms with Crippen molar-refractivity contribution in [3.05, 3.63) is 48.3 Å². The average Bonchev–Trinajstić information content (AvgIpc) is 3.35. The third-order valence-corrected chi connectivity index (χ3v) is 5.59. The molecule has 6 nitrogen and oxygen atoms in total. The summed E-state index contributed by atoms with van der Waals surface area (Å²) < 4.78 is 2.23. The molecule has 1 amide bonds. The fraction of sp³-hybridized carbons (Fsp3) is 0.550. The maximum atomic E-state index is 12.5. The van der Waals surface area contributed by atoms with Gasteiger partial charge >= 0.3 is 0 Å². The summed E-state index contributed by atoms with van der Waals surface area (Å²) in [5.74, 6) is 1.86. The summed E-state index contributed by atoms with van der Waals surface area (Å²) in [6, 6.07) is 4.06. The molecule has 0 saturated carbocycles. The molecule has 138 valence electrons. The first-order valence-corrected chi connectivity index (χ1v) is 9.69. The summed E-state index contributed by atoms with van der Waals surface area (Å²) in [7, 11) is 0. The van der Waals surface area contributed by atoms with Gasteiger partial charge in [0.25, 0.3) is 0 Å². The fourth-order valence-electron chi connectivity index (χ4n) is 4.12. The van der Waals surface area contributed by atoms with Gasteiger partial charge in [-0.15, -0.1) is 0 Å². The molecule has 4 heterocycles. The van der Waals surface area contributed by atoms with Crippen molar-refractivity contribution in [2.45, 2.75) is 38.1 Å². The molecule has 0 radical (unpaired) electrons. The average molecular weight is 353 g/mol. The molecule has 2 fully saturated rings. The van der Waals surface area contributed by atoms with Crippen LogP contribution in [0.3, 0.4) is 0 Å². The Kier molecular flexibility index (Phi) is 5.29. The number of rotatable bonds is 5. The van der Waals surface area contributed by atoms with E-state index in [4.69, 9.17) is 0 Å². The largest absolute Gasteiger partial charge is 0.342 e. The van der Waals surface area contributed by atoms with Crippen molar-refractivity contribution in [1.29, 1.82) is 0 Å². The molecule has 2 saturated heterocycles. The molecular weight excluding hydrogens is 326 g/mol. The van der Waals surface area contributed by atoms with E-state index in [0.29, 0.717) is 18.4 Å². The minimum atomic E-state index is 0.295. The Morgan fingerprint density at radius 2 is 1.92 bits per heavy atom. The minimum Gasteiger partial charge on any atom is -0.342 e. The number of carbonyl (C=O) groups is 1. The number of hydrogen-bond donors (Lipinski definition) is 0. The number of amides is 1. The van der Waals surface area contributed by atoms with Gasteiger partial charge in [0.05, 0.1) is 13.1 Å². The van der Waals surface area contributed by atoms with Gasteiger partial charge in [0, 0.05) is 43.8 Å². The van der Waals surface area contributed by atoms with Gasteiger partial charge in [0.2, 0.25) is 5.91 Å². The predicted molar refractivity (Wildman–Crippen MR) is 99.8 cm³/mol. The van der Waals surface area contributed by atoms with Crippen LogP contribution < -0.4 is 0 Å². The molecule has 4 rings (SSSR count). The van der Waals surface area contributed by atoms with Gasteiger partial charge in [0.15, 0.2) is 0 Å². The topological polar surface area (TPSA) is 54.3 Å². The molecule has 0 spiro atoms. The number of piperidine rings is 1. The first kappa shape index (κ1) is 17.2. The number of likely N-dealkylation sites (tertiary alicyclic amines) is 2. The zero-order valence-corrected chi connectivity index (χ0v) is 15.3. The van der Waals surface area contributed by atoms with E-state index in [0.717, 1.165) is 51.4 Å². The van der Waals surface area contributed by atoms with Crippen LogP contribution in [0.4, 0.5) is 0 Å². The Hall–Kier alpha value is -2.21. The molecule has 0 atom stereocenters. The number of carbonyl (C=O) groups excluding carboxylic acids is 1. The van der Waals surface area contributed by atoms with Crippen LogP contribution >= 0.6 is 0 Å². The van der Waals surface area contributed by atoms with Gasteiger partial charge in [-0.25, -0.2) is 4.98 Å². The van der Waals surface area contributed by atoms with Gasteiger partial charge in [-0.05, 0) is 50.4 Å². The first-order chi connectivity index (χ1) is 12.8. The lowest BCUT2D eigenvalue weighted by Gasteiger charge is -2.33. The summed E-state index contributed by atoms with van der Waals surface area (Å²) in [5, 5.41) is 0. The second kappa shape index (κ2) is 7.99.